The second kappa shape index (κ2) is 6.70. The quantitative estimate of drug-likeness (QED) is 0.845. The number of carbonyl (C=O) groups is 1. The van der Waals surface area contributed by atoms with E-state index in [9.17, 15) is 23.1 Å². The number of aliphatic hydroxyl groups is 1. The Morgan fingerprint density at radius 2 is 1.79 bits per heavy atom. The molecule has 0 saturated carbocycles. The number of benzene rings is 1. The maximum Gasteiger partial charge on any atom is 0.438 e. The highest BCUT2D eigenvalue weighted by Crippen LogP contribution is 2.42. The average molecular weight is 391 g/mol. The van der Waals surface area contributed by atoms with Gasteiger partial charge in [-0.05, 0) is 29.2 Å². The van der Waals surface area contributed by atoms with E-state index < -0.39 is 24.2 Å². The SMILES string of the molecule is CC(C)(C)c1ccc(C(=O)N2N=C(c3cccnc3)CC2(O)C(F)(F)F)cc1. The topological polar surface area (TPSA) is 65.8 Å². The fourth-order valence-electron chi connectivity index (χ4n) is 2.91. The third-order valence-corrected chi connectivity index (χ3v) is 4.62. The van der Waals surface area contributed by atoms with Crippen molar-refractivity contribution in [2.24, 2.45) is 5.10 Å². The lowest BCUT2D eigenvalue weighted by Crippen LogP contribution is -2.56. The van der Waals surface area contributed by atoms with Gasteiger partial charge in [-0.3, -0.25) is 9.78 Å². The van der Waals surface area contributed by atoms with Gasteiger partial charge in [-0.2, -0.15) is 23.3 Å². The first-order valence-electron chi connectivity index (χ1n) is 8.65. The normalized spacial score (nSPS) is 20.2. The van der Waals surface area contributed by atoms with E-state index in [0.29, 0.717) is 5.56 Å². The van der Waals surface area contributed by atoms with Gasteiger partial charge in [0.25, 0.3) is 11.6 Å². The van der Waals surface area contributed by atoms with E-state index in [1.807, 2.05) is 20.8 Å². The molecule has 0 bridgehead atoms. The van der Waals surface area contributed by atoms with Crippen LogP contribution in [0.3, 0.4) is 0 Å². The molecule has 1 aliphatic heterocycles. The number of carbonyl (C=O) groups excluding carboxylic acids is 1. The zero-order valence-corrected chi connectivity index (χ0v) is 15.7. The molecule has 148 valence electrons. The van der Waals surface area contributed by atoms with Crippen molar-refractivity contribution in [1.82, 2.24) is 9.99 Å². The van der Waals surface area contributed by atoms with Gasteiger partial charge in [0.15, 0.2) is 0 Å². The molecule has 1 aromatic carbocycles. The Morgan fingerprint density at radius 1 is 1.14 bits per heavy atom. The first kappa shape index (κ1) is 20.0. The van der Waals surface area contributed by atoms with Gasteiger partial charge >= 0.3 is 6.18 Å². The van der Waals surface area contributed by atoms with Crippen molar-refractivity contribution in [3.63, 3.8) is 0 Å². The lowest BCUT2D eigenvalue weighted by atomic mass is 9.86. The molecule has 0 spiro atoms. The number of aromatic nitrogens is 1. The van der Waals surface area contributed by atoms with E-state index in [0.717, 1.165) is 5.56 Å². The van der Waals surface area contributed by atoms with Gasteiger partial charge in [0.1, 0.15) is 0 Å². The Balaban J connectivity index is 2.00. The lowest BCUT2D eigenvalue weighted by molar-refractivity contribution is -0.297. The Morgan fingerprint density at radius 3 is 2.29 bits per heavy atom. The summed E-state index contributed by atoms with van der Waals surface area (Å²) in [6.07, 6.45) is -3.15. The number of hydrogen-bond donors (Lipinski definition) is 1. The molecule has 1 aliphatic rings. The van der Waals surface area contributed by atoms with Gasteiger partial charge in [0.05, 0.1) is 12.1 Å². The van der Waals surface area contributed by atoms with E-state index in [1.165, 1.54) is 30.6 Å². The van der Waals surface area contributed by atoms with E-state index in [1.54, 1.807) is 18.2 Å². The molecule has 2 heterocycles. The van der Waals surface area contributed by atoms with E-state index in [4.69, 9.17) is 0 Å². The molecule has 1 amide bonds. The molecular weight excluding hydrogens is 371 g/mol. The first-order valence-corrected chi connectivity index (χ1v) is 8.65. The van der Waals surface area contributed by atoms with Crippen LogP contribution in [0.2, 0.25) is 0 Å². The fourth-order valence-corrected chi connectivity index (χ4v) is 2.91. The third-order valence-electron chi connectivity index (χ3n) is 4.62. The summed E-state index contributed by atoms with van der Waals surface area (Å²) in [4.78, 5) is 16.6. The number of hydrazone groups is 1. The van der Waals surface area contributed by atoms with Gasteiger partial charge < -0.3 is 5.11 Å². The van der Waals surface area contributed by atoms with Crippen molar-refractivity contribution in [2.45, 2.75) is 44.5 Å². The largest absolute Gasteiger partial charge is 0.438 e. The molecule has 1 N–H and O–H groups in total. The molecule has 0 aliphatic carbocycles. The van der Waals surface area contributed by atoms with Crippen LogP contribution in [0.25, 0.3) is 0 Å². The van der Waals surface area contributed by atoms with Crippen LogP contribution in [0.5, 0.6) is 0 Å². The van der Waals surface area contributed by atoms with E-state index in [-0.39, 0.29) is 21.7 Å². The van der Waals surface area contributed by atoms with Crippen LogP contribution in [0.15, 0.2) is 53.9 Å². The van der Waals surface area contributed by atoms with Crippen molar-refractivity contribution in [2.75, 3.05) is 0 Å². The second-order valence-corrected chi connectivity index (χ2v) is 7.72. The number of hydrogen-bond acceptors (Lipinski definition) is 4. The predicted octanol–water partition coefficient (Wildman–Crippen LogP) is 3.88. The second-order valence-electron chi connectivity index (χ2n) is 7.72. The Kier molecular flexibility index (Phi) is 4.79. The van der Waals surface area contributed by atoms with Crippen LogP contribution in [-0.4, -0.2) is 38.6 Å². The number of pyridine rings is 1. The van der Waals surface area contributed by atoms with Gasteiger partial charge in [-0.25, -0.2) is 0 Å². The molecular formula is C20H20F3N3O2. The standard InChI is InChI=1S/C20H20F3N3O2/c1-18(2,3)15-8-6-13(7-9-15)17(27)26-19(28,20(21,22)23)11-16(25-26)14-5-4-10-24-12-14/h4-10,12,28H,11H2,1-3H3. The zero-order valence-electron chi connectivity index (χ0n) is 15.7. The summed E-state index contributed by atoms with van der Waals surface area (Å²) in [6, 6.07) is 9.31. The summed E-state index contributed by atoms with van der Waals surface area (Å²) in [5.41, 5.74) is -2.41. The van der Waals surface area contributed by atoms with Crippen molar-refractivity contribution < 1.29 is 23.1 Å². The molecule has 3 rings (SSSR count). The van der Waals surface area contributed by atoms with Crippen LogP contribution < -0.4 is 0 Å². The minimum atomic E-state index is -5.08. The smallest absolute Gasteiger partial charge is 0.362 e. The van der Waals surface area contributed by atoms with Crippen molar-refractivity contribution >= 4 is 11.6 Å². The van der Waals surface area contributed by atoms with Crippen LogP contribution >= 0.6 is 0 Å². The number of rotatable bonds is 2. The monoisotopic (exact) mass is 391 g/mol. The van der Waals surface area contributed by atoms with Crippen molar-refractivity contribution in [3.05, 3.63) is 65.5 Å². The molecule has 1 unspecified atom stereocenters. The number of amides is 1. The minimum absolute atomic E-state index is 0.00635. The molecule has 0 saturated heterocycles. The highest BCUT2D eigenvalue weighted by Gasteiger charge is 2.63. The summed E-state index contributed by atoms with van der Waals surface area (Å²) in [5, 5.41) is 14.3. The van der Waals surface area contributed by atoms with Crippen LogP contribution in [0.4, 0.5) is 13.2 Å². The number of halogens is 3. The van der Waals surface area contributed by atoms with Gasteiger partial charge in [-0.1, -0.05) is 39.0 Å². The fraction of sp³-hybridized carbons (Fsp3) is 0.350. The predicted molar refractivity (Wildman–Crippen MR) is 97.7 cm³/mol. The van der Waals surface area contributed by atoms with Crippen LogP contribution in [0.1, 0.15) is 48.7 Å². The van der Waals surface area contributed by atoms with Gasteiger partial charge in [0.2, 0.25) is 0 Å². The molecule has 1 atom stereocenters. The van der Waals surface area contributed by atoms with E-state index >= 15 is 0 Å². The number of alkyl halides is 3. The Bertz CT molecular complexity index is 903. The zero-order chi connectivity index (χ0) is 20.7. The molecule has 0 radical (unpaired) electrons. The maximum atomic E-state index is 13.6. The Hall–Kier alpha value is -2.74. The van der Waals surface area contributed by atoms with Gasteiger partial charge in [0, 0.05) is 23.5 Å². The van der Waals surface area contributed by atoms with Crippen molar-refractivity contribution in [3.8, 4) is 0 Å². The lowest BCUT2D eigenvalue weighted by Gasteiger charge is -2.32. The molecule has 1 aromatic heterocycles. The van der Waals surface area contributed by atoms with Gasteiger partial charge in [-0.15, -0.1) is 0 Å². The summed E-state index contributed by atoms with van der Waals surface area (Å²) in [7, 11) is 0. The first-order chi connectivity index (χ1) is 12.9. The van der Waals surface area contributed by atoms with E-state index in [2.05, 4.69) is 10.1 Å². The average Bonchev–Trinajstić information content (AvgIpc) is 3.00. The Labute approximate surface area is 160 Å². The molecule has 0 fully saturated rings. The van der Waals surface area contributed by atoms with Crippen LogP contribution in [0, 0.1) is 0 Å². The molecule has 8 heteroatoms. The third kappa shape index (κ3) is 3.52. The summed E-state index contributed by atoms with van der Waals surface area (Å²) >= 11 is 0. The summed E-state index contributed by atoms with van der Waals surface area (Å²) < 4.78 is 40.9. The number of nitrogens with zero attached hydrogens (tertiary/aromatic N) is 3. The molecule has 28 heavy (non-hydrogen) atoms. The summed E-state index contributed by atoms with van der Waals surface area (Å²) in [6.45, 7) is 5.95. The molecule has 2 aromatic rings. The molecule has 5 nitrogen and oxygen atoms in total. The highest BCUT2D eigenvalue weighted by molar-refractivity contribution is 6.05. The minimum Gasteiger partial charge on any atom is -0.362 e. The highest BCUT2D eigenvalue weighted by atomic mass is 19.4. The van der Waals surface area contributed by atoms with Crippen molar-refractivity contribution in [1.29, 1.82) is 0 Å². The van der Waals surface area contributed by atoms with Crippen LogP contribution in [-0.2, 0) is 5.41 Å². The summed E-state index contributed by atoms with van der Waals surface area (Å²) in [5.74, 6) is -1.03. The maximum absolute atomic E-state index is 13.6.